The van der Waals surface area contributed by atoms with E-state index in [0.29, 0.717) is 0 Å². The van der Waals surface area contributed by atoms with Crippen LogP contribution in [0.1, 0.15) is 11.1 Å². The van der Waals surface area contributed by atoms with Gasteiger partial charge in [-0.3, -0.25) is 4.57 Å². The average Bonchev–Trinajstić information content (AvgIpc) is 2.30. The number of methoxy groups -OCH3 is 1. The predicted molar refractivity (Wildman–Crippen MR) is 68.1 cm³/mol. The first-order valence-electron chi connectivity index (χ1n) is 5.39. The molecule has 0 unspecified atom stereocenters. The molecule has 0 amide bonds. The van der Waals surface area contributed by atoms with Gasteiger partial charge in [-0.15, -0.1) is 0 Å². The van der Waals surface area contributed by atoms with E-state index in [9.17, 15) is 4.79 Å². The zero-order valence-electron chi connectivity index (χ0n) is 10.5. The van der Waals surface area contributed by atoms with Crippen molar-refractivity contribution in [1.29, 1.82) is 0 Å². The first kappa shape index (κ1) is 12.1. The van der Waals surface area contributed by atoms with Crippen LogP contribution in [0.5, 0.6) is 5.75 Å². The molecule has 2 aromatic rings. The number of rotatable bonds is 2. The number of benzene rings is 1. The Balaban J connectivity index is 2.68. The SMILES string of the molecule is COc1cc(C)c(-n2cnc(N)nc2=O)c(C)c1. The van der Waals surface area contributed by atoms with Gasteiger partial charge in [-0.25, -0.2) is 9.78 Å². The highest BCUT2D eigenvalue weighted by Gasteiger charge is 2.10. The molecule has 18 heavy (non-hydrogen) atoms. The second-order valence-corrected chi connectivity index (χ2v) is 3.98. The quantitative estimate of drug-likeness (QED) is 0.848. The summed E-state index contributed by atoms with van der Waals surface area (Å²) in [4.78, 5) is 19.3. The maximum atomic E-state index is 11.8. The molecule has 2 N–H and O–H groups in total. The zero-order valence-corrected chi connectivity index (χ0v) is 10.5. The van der Waals surface area contributed by atoms with Crippen molar-refractivity contribution in [3.63, 3.8) is 0 Å². The molecule has 0 saturated heterocycles. The van der Waals surface area contributed by atoms with Gasteiger partial charge in [0.25, 0.3) is 0 Å². The van der Waals surface area contributed by atoms with E-state index in [1.807, 2.05) is 26.0 Å². The third-order valence-corrected chi connectivity index (χ3v) is 2.66. The number of nitrogens with two attached hydrogens (primary N) is 1. The van der Waals surface area contributed by atoms with Crippen molar-refractivity contribution in [2.45, 2.75) is 13.8 Å². The van der Waals surface area contributed by atoms with E-state index >= 15 is 0 Å². The summed E-state index contributed by atoms with van der Waals surface area (Å²) < 4.78 is 6.55. The fourth-order valence-electron chi connectivity index (χ4n) is 1.91. The van der Waals surface area contributed by atoms with Crippen molar-refractivity contribution in [3.8, 4) is 11.4 Å². The summed E-state index contributed by atoms with van der Waals surface area (Å²) in [5, 5.41) is 0. The summed E-state index contributed by atoms with van der Waals surface area (Å²) in [6.45, 7) is 3.79. The molecule has 0 bridgehead atoms. The summed E-state index contributed by atoms with van der Waals surface area (Å²) in [5.74, 6) is 0.721. The highest BCUT2D eigenvalue weighted by molar-refractivity contribution is 5.51. The lowest BCUT2D eigenvalue weighted by Gasteiger charge is -2.13. The van der Waals surface area contributed by atoms with E-state index in [0.717, 1.165) is 22.6 Å². The average molecular weight is 246 g/mol. The molecule has 1 aromatic heterocycles. The minimum atomic E-state index is -0.445. The van der Waals surface area contributed by atoms with Gasteiger partial charge in [0.1, 0.15) is 12.1 Å². The highest BCUT2D eigenvalue weighted by atomic mass is 16.5. The molecule has 0 saturated carbocycles. The van der Waals surface area contributed by atoms with Crippen molar-refractivity contribution in [2.75, 3.05) is 12.8 Å². The van der Waals surface area contributed by atoms with E-state index in [-0.39, 0.29) is 5.95 Å². The largest absolute Gasteiger partial charge is 0.497 e. The Morgan fingerprint density at radius 1 is 1.28 bits per heavy atom. The lowest BCUT2D eigenvalue weighted by molar-refractivity contribution is 0.414. The first-order valence-corrected chi connectivity index (χ1v) is 5.39. The van der Waals surface area contributed by atoms with Crippen LogP contribution in [0, 0.1) is 13.8 Å². The molecule has 0 aliphatic carbocycles. The number of hydrogen-bond acceptors (Lipinski definition) is 5. The summed E-state index contributed by atoms with van der Waals surface area (Å²) >= 11 is 0. The molecular weight excluding hydrogens is 232 g/mol. The minimum absolute atomic E-state index is 0.0277. The molecule has 0 aliphatic rings. The predicted octanol–water partition coefficient (Wildman–Crippen LogP) is 0.835. The Morgan fingerprint density at radius 2 is 1.89 bits per heavy atom. The van der Waals surface area contributed by atoms with Gasteiger partial charge in [-0.05, 0) is 37.1 Å². The number of anilines is 1. The number of nitrogen functional groups attached to an aromatic ring is 1. The van der Waals surface area contributed by atoms with Gasteiger partial charge >= 0.3 is 5.69 Å². The van der Waals surface area contributed by atoms with E-state index < -0.39 is 5.69 Å². The van der Waals surface area contributed by atoms with E-state index in [1.165, 1.54) is 10.9 Å². The fraction of sp³-hybridized carbons (Fsp3) is 0.250. The maximum absolute atomic E-state index is 11.8. The molecule has 0 aliphatic heterocycles. The van der Waals surface area contributed by atoms with E-state index in [1.54, 1.807) is 7.11 Å². The van der Waals surface area contributed by atoms with Crippen molar-refractivity contribution in [2.24, 2.45) is 0 Å². The normalized spacial score (nSPS) is 10.4. The van der Waals surface area contributed by atoms with Crippen LogP contribution in [-0.2, 0) is 0 Å². The van der Waals surface area contributed by atoms with Crippen LogP contribution in [0.3, 0.4) is 0 Å². The number of ether oxygens (including phenoxy) is 1. The highest BCUT2D eigenvalue weighted by Crippen LogP contribution is 2.23. The van der Waals surface area contributed by atoms with Gasteiger partial charge in [0.2, 0.25) is 5.95 Å². The molecule has 0 atom stereocenters. The van der Waals surface area contributed by atoms with Gasteiger partial charge in [-0.2, -0.15) is 4.98 Å². The molecule has 94 valence electrons. The Labute approximate surface area is 104 Å². The number of aromatic nitrogens is 3. The molecule has 2 rings (SSSR count). The number of hydrogen-bond donors (Lipinski definition) is 1. The smallest absolute Gasteiger partial charge is 0.356 e. The summed E-state index contributed by atoms with van der Waals surface area (Å²) in [5.41, 5.74) is 7.49. The Kier molecular flexibility index (Phi) is 3.01. The lowest BCUT2D eigenvalue weighted by atomic mass is 10.1. The van der Waals surface area contributed by atoms with Gasteiger partial charge in [-0.1, -0.05) is 0 Å². The molecule has 0 radical (unpaired) electrons. The van der Waals surface area contributed by atoms with Crippen molar-refractivity contribution in [1.82, 2.24) is 14.5 Å². The molecule has 0 fully saturated rings. The number of aryl methyl sites for hydroxylation is 2. The van der Waals surface area contributed by atoms with E-state index in [2.05, 4.69) is 9.97 Å². The molecule has 6 nitrogen and oxygen atoms in total. The first-order chi connectivity index (χ1) is 8.52. The Hall–Kier alpha value is -2.37. The van der Waals surface area contributed by atoms with Gasteiger partial charge < -0.3 is 10.5 Å². The van der Waals surface area contributed by atoms with Gasteiger partial charge in [0, 0.05) is 0 Å². The molecular formula is C12H14N4O2. The standard InChI is InChI=1S/C12H14N4O2/c1-7-4-9(18-3)5-8(2)10(7)16-6-14-11(13)15-12(16)17/h4-6H,1-3H3,(H2,13,15,17). The van der Waals surface area contributed by atoms with Crippen LogP contribution in [0.25, 0.3) is 5.69 Å². The molecule has 0 spiro atoms. The van der Waals surface area contributed by atoms with Crippen molar-refractivity contribution >= 4 is 5.95 Å². The number of nitrogens with zero attached hydrogens (tertiary/aromatic N) is 3. The second kappa shape index (κ2) is 4.48. The van der Waals surface area contributed by atoms with Crippen LogP contribution >= 0.6 is 0 Å². The summed E-state index contributed by atoms with van der Waals surface area (Å²) in [6.07, 6.45) is 1.38. The Bertz CT molecular complexity index is 626. The van der Waals surface area contributed by atoms with Crippen molar-refractivity contribution < 1.29 is 4.74 Å². The van der Waals surface area contributed by atoms with Crippen LogP contribution in [0.4, 0.5) is 5.95 Å². The van der Waals surface area contributed by atoms with E-state index in [4.69, 9.17) is 10.5 Å². The third-order valence-electron chi connectivity index (χ3n) is 2.66. The molecule has 1 heterocycles. The molecule has 6 heteroatoms. The van der Waals surface area contributed by atoms with Crippen LogP contribution in [-0.4, -0.2) is 21.6 Å². The third kappa shape index (κ3) is 2.04. The minimum Gasteiger partial charge on any atom is -0.497 e. The van der Waals surface area contributed by atoms with Crippen LogP contribution in [0.2, 0.25) is 0 Å². The maximum Gasteiger partial charge on any atom is 0.356 e. The summed E-state index contributed by atoms with van der Waals surface area (Å²) in [7, 11) is 1.60. The van der Waals surface area contributed by atoms with Crippen LogP contribution in [0.15, 0.2) is 23.3 Å². The monoisotopic (exact) mass is 246 g/mol. The zero-order chi connectivity index (χ0) is 13.3. The fourth-order valence-corrected chi connectivity index (χ4v) is 1.91. The second-order valence-electron chi connectivity index (χ2n) is 3.98. The van der Waals surface area contributed by atoms with Crippen LogP contribution < -0.4 is 16.2 Å². The topological polar surface area (TPSA) is 83.0 Å². The lowest BCUT2D eigenvalue weighted by Crippen LogP contribution is -2.24. The Morgan fingerprint density at radius 3 is 2.39 bits per heavy atom. The summed E-state index contributed by atoms with van der Waals surface area (Å²) in [6, 6.07) is 3.70. The van der Waals surface area contributed by atoms with Gasteiger partial charge in [0.15, 0.2) is 0 Å². The molecule has 1 aromatic carbocycles. The van der Waals surface area contributed by atoms with Crippen molar-refractivity contribution in [3.05, 3.63) is 40.1 Å². The van der Waals surface area contributed by atoms with Gasteiger partial charge in [0.05, 0.1) is 12.8 Å².